The van der Waals surface area contributed by atoms with Gasteiger partial charge in [-0.25, -0.2) is 4.79 Å². The zero-order valence-electron chi connectivity index (χ0n) is 20.4. The predicted molar refractivity (Wildman–Crippen MR) is 139 cm³/mol. The van der Waals surface area contributed by atoms with Gasteiger partial charge in [-0.2, -0.15) is 0 Å². The lowest BCUT2D eigenvalue weighted by molar-refractivity contribution is -0.113. The number of anilines is 1. The normalized spacial score (nSPS) is 10.7. The Balaban J connectivity index is 1.71. The van der Waals surface area contributed by atoms with Crippen LogP contribution in [0.5, 0.6) is 5.75 Å². The minimum absolute atomic E-state index is 0.0173. The molecule has 12 heteroatoms. The summed E-state index contributed by atoms with van der Waals surface area (Å²) in [6, 6.07) is 5.97. The van der Waals surface area contributed by atoms with Crippen LogP contribution in [0.4, 0.5) is 5.00 Å². The molecule has 190 valence electrons. The average Bonchev–Trinajstić information content (AvgIpc) is 3.38. The van der Waals surface area contributed by atoms with Crippen LogP contribution in [0, 0.1) is 20.8 Å². The summed E-state index contributed by atoms with van der Waals surface area (Å²) in [5, 5.41) is 11.8. The van der Waals surface area contributed by atoms with Crippen LogP contribution >= 0.6 is 23.1 Å². The van der Waals surface area contributed by atoms with Gasteiger partial charge in [-0.05, 0) is 43.5 Å². The fourth-order valence-electron chi connectivity index (χ4n) is 3.33. The number of carbonyl (C=O) groups is 3. The van der Waals surface area contributed by atoms with Crippen molar-refractivity contribution in [3.05, 3.63) is 63.8 Å². The molecule has 2 amide bonds. The number of ether oxygens (including phenoxy) is 2. The lowest BCUT2D eigenvalue weighted by Gasteiger charge is -2.11. The number of hydrogen-bond donors (Lipinski definition) is 2. The van der Waals surface area contributed by atoms with Crippen molar-refractivity contribution < 1.29 is 23.9 Å². The molecule has 0 aliphatic rings. The highest BCUT2D eigenvalue weighted by Gasteiger charge is 2.25. The first-order valence-corrected chi connectivity index (χ1v) is 12.6. The Labute approximate surface area is 216 Å². The Morgan fingerprint density at radius 2 is 2.00 bits per heavy atom. The molecule has 2 aromatic heterocycles. The van der Waals surface area contributed by atoms with Crippen molar-refractivity contribution in [2.75, 3.05) is 18.2 Å². The van der Waals surface area contributed by atoms with Crippen molar-refractivity contribution in [2.24, 2.45) is 5.73 Å². The molecule has 0 aliphatic carbocycles. The van der Waals surface area contributed by atoms with Gasteiger partial charge in [0.25, 0.3) is 5.91 Å². The van der Waals surface area contributed by atoms with Gasteiger partial charge in [0.15, 0.2) is 11.0 Å². The molecular weight excluding hydrogens is 502 g/mol. The van der Waals surface area contributed by atoms with Crippen LogP contribution in [0.25, 0.3) is 0 Å². The zero-order valence-corrected chi connectivity index (χ0v) is 22.0. The van der Waals surface area contributed by atoms with E-state index in [1.165, 1.54) is 18.9 Å². The van der Waals surface area contributed by atoms with Crippen LogP contribution in [0.1, 0.15) is 42.5 Å². The van der Waals surface area contributed by atoms with Gasteiger partial charge in [0.1, 0.15) is 17.4 Å². The molecule has 0 aliphatic heterocycles. The third kappa shape index (κ3) is 6.13. The number of allylic oxidation sites excluding steroid dienone is 1. The van der Waals surface area contributed by atoms with Crippen LogP contribution in [0.3, 0.4) is 0 Å². The van der Waals surface area contributed by atoms with Crippen LogP contribution < -0.4 is 15.8 Å². The van der Waals surface area contributed by atoms with Crippen molar-refractivity contribution >= 4 is 45.9 Å². The molecule has 0 saturated carbocycles. The molecule has 0 spiro atoms. The maximum Gasteiger partial charge on any atom is 0.341 e. The second-order valence-electron chi connectivity index (χ2n) is 7.81. The summed E-state index contributed by atoms with van der Waals surface area (Å²) in [7, 11) is 1.22. The van der Waals surface area contributed by atoms with Gasteiger partial charge in [0.05, 0.1) is 23.3 Å². The fraction of sp³-hybridized carbons (Fsp3) is 0.292. The van der Waals surface area contributed by atoms with Crippen molar-refractivity contribution in [1.82, 2.24) is 14.8 Å². The minimum Gasteiger partial charge on any atom is -0.485 e. The number of primary amides is 1. The van der Waals surface area contributed by atoms with Gasteiger partial charge in [0.2, 0.25) is 5.91 Å². The van der Waals surface area contributed by atoms with Crippen molar-refractivity contribution in [3.63, 3.8) is 0 Å². The number of methoxy groups -OCH3 is 1. The standard InChI is InChI=1S/C24H27N5O5S2/c1-6-9-29-17(11-34-16-10-13(2)7-8-14(16)3)27-28-24(29)35-12-18(30)26-22-19(23(32)33-5)15(4)20(36-22)21(25)31/h6-8,10H,1,9,11-12H2,2-5H3,(H2,25,31)(H,26,30). The fourth-order valence-corrected chi connectivity index (χ4v) is 5.16. The summed E-state index contributed by atoms with van der Waals surface area (Å²) in [5.74, 6) is -0.421. The maximum atomic E-state index is 12.7. The molecule has 3 aromatic rings. The van der Waals surface area contributed by atoms with Gasteiger partial charge in [-0.3, -0.25) is 14.2 Å². The number of aryl methyl sites for hydroxylation is 2. The summed E-state index contributed by atoms with van der Waals surface area (Å²) in [5.41, 5.74) is 7.96. The number of amides is 2. The SMILES string of the molecule is C=CCn1c(COc2cc(C)ccc2C)nnc1SCC(=O)Nc1sc(C(N)=O)c(C)c1C(=O)OC. The largest absolute Gasteiger partial charge is 0.485 e. The van der Waals surface area contributed by atoms with Crippen LogP contribution in [-0.4, -0.2) is 45.4 Å². The Bertz CT molecular complexity index is 1310. The van der Waals surface area contributed by atoms with E-state index >= 15 is 0 Å². The average molecular weight is 530 g/mol. The number of nitrogens with two attached hydrogens (primary N) is 1. The van der Waals surface area contributed by atoms with Gasteiger partial charge in [-0.1, -0.05) is 30.0 Å². The highest BCUT2D eigenvalue weighted by Crippen LogP contribution is 2.33. The highest BCUT2D eigenvalue weighted by atomic mass is 32.2. The molecule has 3 rings (SSSR count). The number of thiophene rings is 1. The number of aromatic nitrogens is 3. The number of thioether (sulfide) groups is 1. The van der Waals surface area contributed by atoms with Gasteiger partial charge >= 0.3 is 5.97 Å². The first-order chi connectivity index (χ1) is 17.2. The van der Waals surface area contributed by atoms with E-state index in [2.05, 4.69) is 22.1 Å². The second-order valence-corrected chi connectivity index (χ2v) is 9.77. The first kappa shape index (κ1) is 27.0. The number of benzene rings is 1. The zero-order chi connectivity index (χ0) is 26.4. The monoisotopic (exact) mass is 529 g/mol. The number of carbonyl (C=O) groups excluding carboxylic acids is 3. The quantitative estimate of drug-likeness (QED) is 0.218. The Morgan fingerprint density at radius 1 is 1.25 bits per heavy atom. The summed E-state index contributed by atoms with van der Waals surface area (Å²) in [4.78, 5) is 36.8. The highest BCUT2D eigenvalue weighted by molar-refractivity contribution is 7.99. The molecule has 2 heterocycles. The van der Waals surface area contributed by atoms with Crippen molar-refractivity contribution in [1.29, 1.82) is 0 Å². The van der Waals surface area contributed by atoms with E-state index in [-0.39, 0.29) is 27.8 Å². The maximum absolute atomic E-state index is 12.7. The molecule has 0 saturated heterocycles. The van der Waals surface area contributed by atoms with Gasteiger partial charge in [0, 0.05) is 6.54 Å². The predicted octanol–water partition coefficient (Wildman–Crippen LogP) is 3.65. The van der Waals surface area contributed by atoms with Crippen LogP contribution in [0.2, 0.25) is 0 Å². The summed E-state index contributed by atoms with van der Waals surface area (Å²) < 4.78 is 12.6. The number of esters is 1. The molecular formula is C24H27N5O5S2. The van der Waals surface area contributed by atoms with Crippen molar-refractivity contribution in [3.8, 4) is 5.75 Å². The molecule has 1 aromatic carbocycles. The number of nitrogens with zero attached hydrogens (tertiary/aromatic N) is 3. The first-order valence-electron chi connectivity index (χ1n) is 10.8. The van der Waals surface area contributed by atoms with E-state index in [4.69, 9.17) is 15.2 Å². The van der Waals surface area contributed by atoms with E-state index in [0.717, 1.165) is 28.2 Å². The summed E-state index contributed by atoms with van der Waals surface area (Å²) >= 11 is 2.10. The lowest BCUT2D eigenvalue weighted by Crippen LogP contribution is -2.16. The molecule has 36 heavy (non-hydrogen) atoms. The Kier molecular flexibility index (Phi) is 8.88. The van der Waals surface area contributed by atoms with E-state index in [9.17, 15) is 14.4 Å². The Morgan fingerprint density at radius 3 is 2.67 bits per heavy atom. The molecule has 0 fully saturated rings. The van der Waals surface area contributed by atoms with Crippen LogP contribution in [-0.2, 0) is 22.7 Å². The molecule has 0 unspecified atom stereocenters. The number of hydrogen-bond acceptors (Lipinski definition) is 9. The summed E-state index contributed by atoms with van der Waals surface area (Å²) in [6.07, 6.45) is 1.71. The van der Waals surface area contributed by atoms with Gasteiger partial charge < -0.3 is 20.5 Å². The van der Waals surface area contributed by atoms with Gasteiger partial charge in [-0.15, -0.1) is 28.1 Å². The topological polar surface area (TPSA) is 138 Å². The third-order valence-electron chi connectivity index (χ3n) is 5.15. The lowest BCUT2D eigenvalue weighted by atomic mass is 10.1. The molecule has 3 N–H and O–H groups in total. The molecule has 0 atom stereocenters. The van der Waals surface area contributed by atoms with E-state index in [0.29, 0.717) is 23.1 Å². The second kappa shape index (κ2) is 11.9. The van der Waals surface area contributed by atoms with E-state index in [1.54, 1.807) is 13.0 Å². The van der Waals surface area contributed by atoms with E-state index < -0.39 is 17.8 Å². The van der Waals surface area contributed by atoms with Crippen LogP contribution in [0.15, 0.2) is 36.0 Å². The third-order valence-corrected chi connectivity index (χ3v) is 7.34. The van der Waals surface area contributed by atoms with E-state index in [1.807, 2.05) is 36.6 Å². The Hall–Kier alpha value is -3.64. The smallest absolute Gasteiger partial charge is 0.341 e. The molecule has 0 bridgehead atoms. The molecule has 10 nitrogen and oxygen atoms in total. The summed E-state index contributed by atoms with van der Waals surface area (Å²) in [6.45, 7) is 9.95. The number of rotatable bonds is 11. The minimum atomic E-state index is -0.689. The van der Waals surface area contributed by atoms with Crippen molar-refractivity contribution in [2.45, 2.75) is 39.1 Å². The molecule has 0 radical (unpaired) electrons. The number of nitrogens with one attached hydrogen (secondary N) is 1.